The molecule has 1 aromatic heterocycles. The van der Waals surface area contributed by atoms with Gasteiger partial charge in [-0.3, -0.25) is 9.88 Å². The molecule has 1 aromatic rings. The van der Waals surface area contributed by atoms with Gasteiger partial charge in [-0.05, 0) is 26.0 Å². The van der Waals surface area contributed by atoms with Crippen molar-refractivity contribution in [2.75, 3.05) is 13.1 Å². The van der Waals surface area contributed by atoms with Crippen molar-refractivity contribution in [3.05, 3.63) is 30.1 Å². The quantitative estimate of drug-likeness (QED) is 0.810. The Morgan fingerprint density at radius 1 is 1.47 bits per heavy atom. The summed E-state index contributed by atoms with van der Waals surface area (Å²) in [7, 11) is 0. The van der Waals surface area contributed by atoms with Crippen LogP contribution in [0.2, 0.25) is 0 Å². The zero-order valence-electron chi connectivity index (χ0n) is 10.5. The van der Waals surface area contributed by atoms with Crippen LogP contribution in [0.25, 0.3) is 0 Å². The molecule has 1 heterocycles. The maximum atomic E-state index is 8.70. The van der Waals surface area contributed by atoms with Crippen LogP contribution >= 0.6 is 0 Å². The van der Waals surface area contributed by atoms with E-state index in [1.807, 2.05) is 18.2 Å². The van der Waals surface area contributed by atoms with Gasteiger partial charge in [-0.25, -0.2) is 0 Å². The minimum atomic E-state index is 0.0875. The van der Waals surface area contributed by atoms with Crippen LogP contribution in [-0.4, -0.2) is 29.0 Å². The molecular weight excluding hydrogens is 212 g/mol. The first-order chi connectivity index (χ1) is 8.20. The van der Waals surface area contributed by atoms with Crippen LogP contribution in [0.4, 0.5) is 0 Å². The number of rotatable bonds is 6. The number of hydrogen-bond acceptors (Lipinski definition) is 4. The molecular formula is C13H20N4. The normalized spacial score (nSPS) is 12.7. The Balaban J connectivity index is 2.86. The third-order valence-electron chi connectivity index (χ3n) is 2.80. The highest BCUT2D eigenvalue weighted by molar-refractivity contribution is 5.10. The average molecular weight is 232 g/mol. The molecule has 0 aromatic carbocycles. The molecule has 0 aliphatic rings. The smallest absolute Gasteiger partial charge is 0.0647 e. The highest BCUT2D eigenvalue weighted by Crippen LogP contribution is 2.20. The lowest BCUT2D eigenvalue weighted by atomic mass is 10.1. The summed E-state index contributed by atoms with van der Waals surface area (Å²) in [6.07, 6.45) is 2.29. The first-order valence-corrected chi connectivity index (χ1v) is 5.94. The molecule has 4 heteroatoms. The van der Waals surface area contributed by atoms with Crippen LogP contribution in [0.3, 0.4) is 0 Å². The van der Waals surface area contributed by atoms with Gasteiger partial charge in [-0.15, -0.1) is 0 Å². The summed E-state index contributed by atoms with van der Waals surface area (Å²) in [5, 5.41) is 8.70. The van der Waals surface area contributed by atoms with Gasteiger partial charge in [0, 0.05) is 31.7 Å². The lowest BCUT2D eigenvalue weighted by Gasteiger charge is -2.33. The summed E-state index contributed by atoms with van der Waals surface area (Å²) in [4.78, 5) is 6.58. The van der Waals surface area contributed by atoms with Crippen LogP contribution in [0.5, 0.6) is 0 Å². The Morgan fingerprint density at radius 3 is 2.71 bits per heavy atom. The van der Waals surface area contributed by atoms with E-state index in [1.165, 1.54) is 0 Å². The van der Waals surface area contributed by atoms with Crippen LogP contribution in [-0.2, 0) is 0 Å². The van der Waals surface area contributed by atoms with Crippen molar-refractivity contribution in [2.45, 2.75) is 32.4 Å². The van der Waals surface area contributed by atoms with E-state index >= 15 is 0 Å². The summed E-state index contributed by atoms with van der Waals surface area (Å²) < 4.78 is 0. The van der Waals surface area contributed by atoms with Crippen molar-refractivity contribution in [1.29, 1.82) is 5.26 Å². The van der Waals surface area contributed by atoms with Crippen LogP contribution in [0.1, 0.15) is 32.0 Å². The largest absolute Gasteiger partial charge is 0.329 e. The van der Waals surface area contributed by atoms with E-state index in [9.17, 15) is 0 Å². The maximum absolute atomic E-state index is 8.70. The van der Waals surface area contributed by atoms with Gasteiger partial charge in [0.05, 0.1) is 17.8 Å². The fourth-order valence-corrected chi connectivity index (χ4v) is 1.95. The lowest BCUT2D eigenvalue weighted by molar-refractivity contribution is 0.158. The summed E-state index contributed by atoms with van der Waals surface area (Å²) in [6.45, 7) is 5.47. The van der Waals surface area contributed by atoms with Gasteiger partial charge in [-0.1, -0.05) is 6.07 Å². The van der Waals surface area contributed by atoms with Crippen molar-refractivity contribution in [1.82, 2.24) is 9.88 Å². The Morgan fingerprint density at radius 2 is 2.24 bits per heavy atom. The molecule has 92 valence electrons. The molecule has 0 radical (unpaired) electrons. The standard InChI is InChI=1S/C13H20N4/c1-11(2)17(9-5-7-14)13(10-15)12-6-3-4-8-16-12/h3-4,6,8,11,13H,5,9-10,15H2,1-2H3. The Bertz CT molecular complexity index is 355. The molecule has 0 amide bonds. The Kier molecular flexibility index (Phi) is 5.61. The van der Waals surface area contributed by atoms with Gasteiger partial charge in [0.15, 0.2) is 0 Å². The number of aromatic nitrogens is 1. The number of nitrogens with two attached hydrogens (primary N) is 1. The van der Waals surface area contributed by atoms with Gasteiger partial charge >= 0.3 is 0 Å². The molecule has 0 fully saturated rings. The van der Waals surface area contributed by atoms with E-state index in [0.717, 1.165) is 12.2 Å². The SMILES string of the molecule is CC(C)N(CCC#N)C(CN)c1ccccn1. The molecule has 1 rings (SSSR count). The van der Waals surface area contributed by atoms with E-state index < -0.39 is 0 Å². The third-order valence-corrected chi connectivity index (χ3v) is 2.80. The highest BCUT2D eigenvalue weighted by atomic mass is 15.2. The molecule has 4 nitrogen and oxygen atoms in total. The molecule has 0 saturated heterocycles. The second-order valence-corrected chi connectivity index (χ2v) is 4.25. The summed E-state index contributed by atoms with van der Waals surface area (Å²) in [5.41, 5.74) is 6.82. The van der Waals surface area contributed by atoms with E-state index in [4.69, 9.17) is 11.0 Å². The Hall–Kier alpha value is -1.44. The zero-order chi connectivity index (χ0) is 12.7. The first-order valence-electron chi connectivity index (χ1n) is 5.94. The molecule has 0 aliphatic heterocycles. The minimum absolute atomic E-state index is 0.0875. The third kappa shape index (κ3) is 3.81. The molecule has 0 aliphatic carbocycles. The predicted molar refractivity (Wildman–Crippen MR) is 68.1 cm³/mol. The fourth-order valence-electron chi connectivity index (χ4n) is 1.95. The molecule has 2 N–H and O–H groups in total. The van der Waals surface area contributed by atoms with Crippen molar-refractivity contribution in [3.63, 3.8) is 0 Å². The maximum Gasteiger partial charge on any atom is 0.0647 e. The summed E-state index contributed by atoms with van der Waals surface area (Å²) >= 11 is 0. The van der Waals surface area contributed by atoms with Gasteiger partial charge < -0.3 is 5.73 Å². The number of nitriles is 1. The van der Waals surface area contributed by atoms with E-state index in [-0.39, 0.29) is 6.04 Å². The summed E-state index contributed by atoms with van der Waals surface area (Å²) in [5.74, 6) is 0. The minimum Gasteiger partial charge on any atom is -0.329 e. The molecule has 17 heavy (non-hydrogen) atoms. The molecule has 1 unspecified atom stereocenters. The monoisotopic (exact) mass is 232 g/mol. The summed E-state index contributed by atoms with van der Waals surface area (Å²) in [6, 6.07) is 8.46. The van der Waals surface area contributed by atoms with Crippen molar-refractivity contribution in [3.8, 4) is 6.07 Å². The van der Waals surface area contributed by atoms with Crippen molar-refractivity contribution in [2.24, 2.45) is 5.73 Å². The van der Waals surface area contributed by atoms with Gasteiger partial charge in [-0.2, -0.15) is 5.26 Å². The molecule has 1 atom stereocenters. The van der Waals surface area contributed by atoms with Gasteiger partial charge in [0.2, 0.25) is 0 Å². The van der Waals surface area contributed by atoms with Gasteiger partial charge in [0.1, 0.15) is 0 Å². The number of pyridine rings is 1. The van der Waals surface area contributed by atoms with Crippen molar-refractivity contribution < 1.29 is 0 Å². The van der Waals surface area contributed by atoms with Crippen LogP contribution in [0.15, 0.2) is 24.4 Å². The predicted octanol–water partition coefficient (Wildman–Crippen LogP) is 1.71. The fraction of sp³-hybridized carbons (Fsp3) is 0.538. The lowest BCUT2D eigenvalue weighted by Crippen LogP contribution is -2.39. The number of hydrogen-bond donors (Lipinski definition) is 1. The molecule has 0 bridgehead atoms. The topological polar surface area (TPSA) is 65.9 Å². The average Bonchev–Trinajstić information content (AvgIpc) is 2.35. The second kappa shape index (κ2) is 7.00. The molecule has 0 saturated carbocycles. The number of nitrogens with zero attached hydrogens (tertiary/aromatic N) is 3. The van der Waals surface area contributed by atoms with E-state index in [1.54, 1.807) is 6.20 Å². The molecule has 0 spiro atoms. The highest BCUT2D eigenvalue weighted by Gasteiger charge is 2.21. The van der Waals surface area contributed by atoms with Crippen LogP contribution in [0, 0.1) is 11.3 Å². The van der Waals surface area contributed by atoms with Gasteiger partial charge in [0.25, 0.3) is 0 Å². The van der Waals surface area contributed by atoms with Crippen molar-refractivity contribution >= 4 is 0 Å². The second-order valence-electron chi connectivity index (χ2n) is 4.25. The van der Waals surface area contributed by atoms with Crippen LogP contribution < -0.4 is 5.73 Å². The first kappa shape index (κ1) is 13.6. The van der Waals surface area contributed by atoms with E-state index in [2.05, 4.69) is 29.8 Å². The van der Waals surface area contributed by atoms with E-state index in [0.29, 0.717) is 19.0 Å². The Labute approximate surface area is 103 Å². The zero-order valence-corrected chi connectivity index (χ0v) is 10.5.